The van der Waals surface area contributed by atoms with Crippen molar-refractivity contribution in [2.75, 3.05) is 29.9 Å². The van der Waals surface area contributed by atoms with E-state index in [9.17, 15) is 4.79 Å². The number of hydrogen-bond donors (Lipinski definition) is 2. The number of aromatic nitrogens is 3. The van der Waals surface area contributed by atoms with Gasteiger partial charge in [0.2, 0.25) is 5.95 Å². The van der Waals surface area contributed by atoms with Gasteiger partial charge in [-0.05, 0) is 43.5 Å². The summed E-state index contributed by atoms with van der Waals surface area (Å²) in [6.07, 6.45) is 1.06. The molecule has 2 aromatic heterocycles. The van der Waals surface area contributed by atoms with Crippen LogP contribution in [-0.2, 0) is 0 Å². The summed E-state index contributed by atoms with van der Waals surface area (Å²) in [5, 5.41) is 4.04. The topological polar surface area (TPSA) is 73.9 Å². The van der Waals surface area contributed by atoms with Gasteiger partial charge >= 0.3 is 0 Å². The number of aryl methyl sites for hydroxylation is 1. The molecule has 0 aliphatic carbocycles. The zero-order valence-corrected chi connectivity index (χ0v) is 14.2. The maximum absolute atomic E-state index is 12.2. The zero-order chi connectivity index (χ0) is 17.2. The molecule has 1 aliphatic rings. The van der Waals surface area contributed by atoms with Crippen LogP contribution in [0.3, 0.4) is 0 Å². The Morgan fingerprint density at radius 2 is 2.08 bits per heavy atom. The van der Waals surface area contributed by atoms with E-state index in [0.29, 0.717) is 17.3 Å². The Bertz CT molecular complexity index is 952. The number of benzene rings is 1. The Balaban J connectivity index is 1.44. The van der Waals surface area contributed by atoms with Gasteiger partial charge in [-0.25, -0.2) is 9.97 Å². The Morgan fingerprint density at radius 3 is 2.96 bits per heavy atom. The van der Waals surface area contributed by atoms with Crippen LogP contribution in [0.25, 0.3) is 10.9 Å². The van der Waals surface area contributed by atoms with Gasteiger partial charge in [0.15, 0.2) is 0 Å². The summed E-state index contributed by atoms with van der Waals surface area (Å²) in [5.41, 5.74) is 1.67. The van der Waals surface area contributed by atoms with Crippen LogP contribution in [0.1, 0.15) is 12.1 Å². The summed E-state index contributed by atoms with van der Waals surface area (Å²) in [5.74, 6) is 2.08. The highest BCUT2D eigenvalue weighted by Gasteiger charge is 2.24. The van der Waals surface area contributed by atoms with E-state index >= 15 is 0 Å². The summed E-state index contributed by atoms with van der Waals surface area (Å²) in [4.78, 5) is 26.4. The summed E-state index contributed by atoms with van der Waals surface area (Å²) < 4.78 is 0. The Morgan fingerprint density at radius 1 is 1.20 bits per heavy atom. The number of aromatic amines is 1. The molecule has 25 heavy (non-hydrogen) atoms. The van der Waals surface area contributed by atoms with Gasteiger partial charge in [-0.3, -0.25) is 9.78 Å². The third kappa shape index (κ3) is 3.33. The summed E-state index contributed by atoms with van der Waals surface area (Å²) >= 11 is 0. The predicted octanol–water partition coefficient (Wildman–Crippen LogP) is 2.56. The highest BCUT2D eigenvalue weighted by molar-refractivity contribution is 5.78. The van der Waals surface area contributed by atoms with Crippen molar-refractivity contribution in [2.45, 2.75) is 13.3 Å². The highest BCUT2D eigenvalue weighted by Crippen LogP contribution is 2.21. The average molecular weight is 335 g/mol. The zero-order valence-electron chi connectivity index (χ0n) is 14.2. The molecular weight excluding hydrogens is 314 g/mol. The second-order valence-corrected chi connectivity index (χ2v) is 6.55. The maximum atomic E-state index is 12.2. The van der Waals surface area contributed by atoms with Gasteiger partial charge in [-0.1, -0.05) is 18.2 Å². The van der Waals surface area contributed by atoms with Crippen molar-refractivity contribution in [1.82, 2.24) is 15.0 Å². The second kappa shape index (κ2) is 6.55. The number of fused-ring (bicyclic) bond motifs is 1. The molecule has 2 N–H and O–H groups in total. The minimum absolute atomic E-state index is 0.0777. The van der Waals surface area contributed by atoms with Crippen LogP contribution in [-0.4, -0.2) is 34.6 Å². The normalized spacial score (nSPS) is 17.2. The number of pyridine rings is 1. The molecule has 6 heteroatoms. The molecule has 0 saturated carbocycles. The molecule has 0 bridgehead atoms. The average Bonchev–Trinajstić information content (AvgIpc) is 3.09. The number of hydrogen-bond acceptors (Lipinski definition) is 5. The molecule has 6 nitrogen and oxygen atoms in total. The molecule has 0 unspecified atom stereocenters. The molecular formula is C19H21N5O. The smallest absolute Gasteiger partial charge is 0.260 e. The molecule has 1 aromatic carbocycles. The van der Waals surface area contributed by atoms with Crippen LogP contribution in [0, 0.1) is 12.8 Å². The largest absolute Gasteiger partial charge is 0.370 e. The number of nitrogens with zero attached hydrogens (tertiary/aromatic N) is 3. The number of anilines is 2. The van der Waals surface area contributed by atoms with Gasteiger partial charge in [0.25, 0.3) is 5.56 Å². The fraction of sp³-hybridized carbons (Fsp3) is 0.316. The first kappa shape index (κ1) is 15.6. The fourth-order valence-corrected chi connectivity index (χ4v) is 3.31. The third-order valence-corrected chi connectivity index (χ3v) is 4.65. The fourth-order valence-electron chi connectivity index (χ4n) is 3.31. The second-order valence-electron chi connectivity index (χ2n) is 6.55. The lowest BCUT2D eigenvalue weighted by atomic mass is 10.1. The summed E-state index contributed by atoms with van der Waals surface area (Å²) in [7, 11) is 0. The lowest BCUT2D eigenvalue weighted by molar-refractivity contribution is 0.620. The van der Waals surface area contributed by atoms with Crippen molar-refractivity contribution in [3.63, 3.8) is 0 Å². The van der Waals surface area contributed by atoms with Crippen molar-refractivity contribution < 1.29 is 0 Å². The van der Waals surface area contributed by atoms with E-state index in [-0.39, 0.29) is 5.56 Å². The first-order chi connectivity index (χ1) is 12.2. The third-order valence-electron chi connectivity index (χ3n) is 4.65. The Labute approximate surface area is 145 Å². The summed E-state index contributed by atoms with van der Waals surface area (Å²) in [6, 6.07) is 13.4. The van der Waals surface area contributed by atoms with E-state index < -0.39 is 0 Å². The molecule has 3 aromatic rings. The van der Waals surface area contributed by atoms with Gasteiger partial charge in [-0.15, -0.1) is 0 Å². The van der Waals surface area contributed by atoms with Crippen LogP contribution in [0.5, 0.6) is 0 Å². The highest BCUT2D eigenvalue weighted by atomic mass is 16.1. The number of H-pyrrole nitrogens is 1. The van der Waals surface area contributed by atoms with E-state index in [1.807, 2.05) is 43.3 Å². The minimum atomic E-state index is -0.0777. The van der Waals surface area contributed by atoms with Crippen molar-refractivity contribution in [3.05, 3.63) is 58.5 Å². The predicted molar refractivity (Wildman–Crippen MR) is 100 cm³/mol. The molecule has 3 heterocycles. The van der Waals surface area contributed by atoms with Gasteiger partial charge in [0.1, 0.15) is 5.82 Å². The number of nitrogens with one attached hydrogen (secondary N) is 2. The minimum Gasteiger partial charge on any atom is -0.370 e. The molecule has 1 saturated heterocycles. The first-order valence-electron chi connectivity index (χ1n) is 8.60. The van der Waals surface area contributed by atoms with Gasteiger partial charge < -0.3 is 10.2 Å². The van der Waals surface area contributed by atoms with E-state index in [1.54, 1.807) is 6.07 Å². The monoisotopic (exact) mass is 335 g/mol. The van der Waals surface area contributed by atoms with Crippen LogP contribution in [0.4, 0.5) is 11.8 Å². The van der Waals surface area contributed by atoms with E-state index in [2.05, 4.69) is 25.2 Å². The van der Waals surface area contributed by atoms with Crippen LogP contribution in [0.2, 0.25) is 0 Å². The molecule has 1 atom stereocenters. The molecule has 0 radical (unpaired) electrons. The summed E-state index contributed by atoms with van der Waals surface area (Å²) in [6.45, 7) is 4.63. The quantitative estimate of drug-likeness (QED) is 0.766. The number of rotatable bonds is 4. The molecule has 1 aliphatic heterocycles. The number of para-hydroxylation sites is 1. The Hall–Kier alpha value is -2.89. The maximum Gasteiger partial charge on any atom is 0.260 e. The molecule has 128 valence electrons. The molecule has 1 fully saturated rings. The van der Waals surface area contributed by atoms with E-state index in [4.69, 9.17) is 0 Å². The van der Waals surface area contributed by atoms with Crippen molar-refractivity contribution >= 4 is 22.7 Å². The molecule has 0 spiro atoms. The van der Waals surface area contributed by atoms with Crippen molar-refractivity contribution in [3.8, 4) is 0 Å². The van der Waals surface area contributed by atoms with Gasteiger partial charge in [-0.2, -0.15) is 0 Å². The Kier molecular flexibility index (Phi) is 4.09. The van der Waals surface area contributed by atoms with Gasteiger partial charge in [0.05, 0.1) is 10.9 Å². The molecule has 0 amide bonds. The van der Waals surface area contributed by atoms with Crippen LogP contribution < -0.4 is 15.8 Å². The van der Waals surface area contributed by atoms with Crippen molar-refractivity contribution in [1.29, 1.82) is 0 Å². The van der Waals surface area contributed by atoms with E-state index in [1.165, 1.54) is 0 Å². The first-order valence-corrected chi connectivity index (χ1v) is 8.60. The SMILES string of the molecule is Cc1cccc(NC[C@@H]2CCN(c3nc4ccccc4c(=O)[nH]3)C2)n1. The van der Waals surface area contributed by atoms with Crippen LogP contribution in [0.15, 0.2) is 47.3 Å². The molecule has 4 rings (SSSR count). The van der Waals surface area contributed by atoms with Crippen LogP contribution >= 0.6 is 0 Å². The van der Waals surface area contributed by atoms with Crippen molar-refractivity contribution in [2.24, 2.45) is 5.92 Å². The lowest BCUT2D eigenvalue weighted by Gasteiger charge is -2.17. The lowest BCUT2D eigenvalue weighted by Crippen LogP contribution is -2.26. The standard InChI is InChI=1S/C19H21N5O/c1-13-5-4-8-17(21-13)20-11-14-9-10-24(12-14)19-22-16-7-3-2-6-15(16)18(25)23-19/h2-8,14H,9-12H2,1H3,(H,20,21)(H,22,23,25)/t14-/m0/s1. The van der Waals surface area contributed by atoms with E-state index in [0.717, 1.165) is 43.1 Å². The van der Waals surface area contributed by atoms with Gasteiger partial charge in [0, 0.05) is 25.3 Å².